The van der Waals surface area contributed by atoms with E-state index in [0.29, 0.717) is 17.1 Å². The van der Waals surface area contributed by atoms with Gasteiger partial charge in [0.2, 0.25) is 0 Å². The molecule has 0 spiro atoms. The number of anilines is 2. The van der Waals surface area contributed by atoms with E-state index in [1.54, 1.807) is 19.2 Å². The van der Waals surface area contributed by atoms with Crippen molar-refractivity contribution in [2.45, 2.75) is 6.04 Å². The fourth-order valence-electron chi connectivity index (χ4n) is 3.53. The molecule has 3 aromatic rings. The molecule has 0 radical (unpaired) electrons. The lowest BCUT2D eigenvalue weighted by atomic mass is 10.0. The van der Waals surface area contributed by atoms with Gasteiger partial charge in [-0.1, -0.05) is 48.5 Å². The third-order valence-corrected chi connectivity index (χ3v) is 5.02. The Balaban J connectivity index is 1.50. The number of piperazine rings is 1. The van der Waals surface area contributed by atoms with Crippen LogP contribution in [0.3, 0.4) is 0 Å². The lowest BCUT2D eigenvalue weighted by Crippen LogP contribution is -2.46. The van der Waals surface area contributed by atoms with Gasteiger partial charge in [-0.15, -0.1) is 0 Å². The van der Waals surface area contributed by atoms with Gasteiger partial charge in [-0.25, -0.2) is 4.98 Å². The van der Waals surface area contributed by atoms with E-state index in [-0.39, 0.29) is 11.9 Å². The second-order valence-electron chi connectivity index (χ2n) is 6.90. The van der Waals surface area contributed by atoms with Gasteiger partial charge in [0.1, 0.15) is 17.3 Å². The fraction of sp³-hybridized carbons (Fsp3) is 0.217. The molecule has 1 saturated heterocycles. The summed E-state index contributed by atoms with van der Waals surface area (Å²) in [6, 6.07) is 23.5. The lowest BCUT2D eigenvalue weighted by Gasteiger charge is -2.35. The summed E-state index contributed by atoms with van der Waals surface area (Å²) in [7, 11) is 1.58. The molecule has 1 aromatic heterocycles. The number of nitrogens with one attached hydrogen (secondary N) is 2. The van der Waals surface area contributed by atoms with E-state index >= 15 is 0 Å². The SMILES string of the molecule is COc1ccccc1NC(=O)c1cccc(N2CCN[C@H](c3ccccc3)C2)n1. The first-order valence-electron chi connectivity index (χ1n) is 9.69. The number of aromatic nitrogens is 1. The average Bonchev–Trinajstić information content (AvgIpc) is 2.80. The van der Waals surface area contributed by atoms with Gasteiger partial charge in [0.15, 0.2) is 0 Å². The maximum Gasteiger partial charge on any atom is 0.274 e. The normalized spacial score (nSPS) is 16.3. The highest BCUT2D eigenvalue weighted by molar-refractivity contribution is 6.03. The van der Waals surface area contributed by atoms with Crippen LogP contribution in [0.25, 0.3) is 0 Å². The predicted octanol–water partition coefficient (Wildman–Crippen LogP) is 3.49. The Hall–Kier alpha value is -3.38. The molecule has 2 aromatic carbocycles. The van der Waals surface area contributed by atoms with Crippen molar-refractivity contribution < 1.29 is 9.53 Å². The van der Waals surface area contributed by atoms with Crippen LogP contribution in [0.4, 0.5) is 11.5 Å². The van der Waals surface area contributed by atoms with E-state index in [1.165, 1.54) is 5.56 Å². The van der Waals surface area contributed by atoms with Gasteiger partial charge in [0.05, 0.1) is 12.8 Å². The first-order chi connectivity index (χ1) is 14.2. The summed E-state index contributed by atoms with van der Waals surface area (Å²) in [5.41, 5.74) is 2.25. The average molecular weight is 388 g/mol. The number of carbonyl (C=O) groups is 1. The largest absolute Gasteiger partial charge is 0.495 e. The van der Waals surface area contributed by atoms with Crippen LogP contribution in [-0.4, -0.2) is 37.6 Å². The van der Waals surface area contributed by atoms with Crippen molar-refractivity contribution in [3.05, 3.63) is 84.1 Å². The number of nitrogens with zero attached hydrogens (tertiary/aromatic N) is 2. The molecule has 148 valence electrons. The molecule has 0 saturated carbocycles. The first-order valence-corrected chi connectivity index (χ1v) is 9.69. The van der Waals surface area contributed by atoms with E-state index in [1.807, 2.05) is 36.4 Å². The maximum absolute atomic E-state index is 12.7. The summed E-state index contributed by atoms with van der Waals surface area (Å²) >= 11 is 0. The van der Waals surface area contributed by atoms with Gasteiger partial charge >= 0.3 is 0 Å². The van der Waals surface area contributed by atoms with Crippen molar-refractivity contribution in [2.24, 2.45) is 0 Å². The third kappa shape index (κ3) is 4.38. The number of hydrogen-bond acceptors (Lipinski definition) is 5. The van der Waals surface area contributed by atoms with Gasteiger partial charge < -0.3 is 20.3 Å². The Labute approximate surface area is 170 Å². The summed E-state index contributed by atoms with van der Waals surface area (Å²) in [5.74, 6) is 1.16. The highest BCUT2D eigenvalue weighted by Crippen LogP contribution is 2.24. The van der Waals surface area contributed by atoms with Crippen LogP contribution in [0.5, 0.6) is 5.75 Å². The minimum atomic E-state index is -0.258. The van der Waals surface area contributed by atoms with Crippen LogP contribution in [0, 0.1) is 0 Å². The molecule has 0 aliphatic carbocycles. The van der Waals surface area contributed by atoms with Gasteiger partial charge in [0.25, 0.3) is 5.91 Å². The van der Waals surface area contributed by atoms with Crippen LogP contribution in [-0.2, 0) is 0 Å². The molecule has 2 N–H and O–H groups in total. The summed E-state index contributed by atoms with van der Waals surface area (Å²) < 4.78 is 5.30. The van der Waals surface area contributed by atoms with Crippen molar-refractivity contribution in [2.75, 3.05) is 37.0 Å². The molecule has 6 heteroatoms. The van der Waals surface area contributed by atoms with Crippen molar-refractivity contribution in [1.29, 1.82) is 0 Å². The van der Waals surface area contributed by atoms with Crippen molar-refractivity contribution >= 4 is 17.4 Å². The zero-order valence-electron chi connectivity index (χ0n) is 16.3. The van der Waals surface area contributed by atoms with Crippen LogP contribution in [0.1, 0.15) is 22.1 Å². The quantitative estimate of drug-likeness (QED) is 0.700. The Kier molecular flexibility index (Phi) is 5.72. The van der Waals surface area contributed by atoms with Gasteiger partial charge in [-0.2, -0.15) is 0 Å². The molecule has 2 heterocycles. The molecule has 0 bridgehead atoms. The standard InChI is InChI=1S/C23H24N4O2/c1-29-21-12-6-5-10-18(21)26-23(28)19-11-7-13-22(25-19)27-15-14-24-20(16-27)17-8-3-2-4-9-17/h2-13,20,24H,14-16H2,1H3,(H,26,28)/t20-/m0/s1. The minimum Gasteiger partial charge on any atom is -0.495 e. The Morgan fingerprint density at radius 1 is 1.07 bits per heavy atom. The van der Waals surface area contributed by atoms with Crippen LogP contribution in [0.15, 0.2) is 72.8 Å². The Morgan fingerprint density at radius 3 is 2.69 bits per heavy atom. The van der Waals surface area contributed by atoms with E-state index in [4.69, 9.17) is 4.74 Å². The second-order valence-corrected chi connectivity index (χ2v) is 6.90. The number of hydrogen-bond donors (Lipinski definition) is 2. The third-order valence-electron chi connectivity index (χ3n) is 5.02. The minimum absolute atomic E-state index is 0.234. The fourth-order valence-corrected chi connectivity index (χ4v) is 3.53. The summed E-state index contributed by atoms with van der Waals surface area (Å²) in [6.45, 7) is 2.50. The van der Waals surface area contributed by atoms with Gasteiger partial charge in [0, 0.05) is 25.7 Å². The second kappa shape index (κ2) is 8.75. The number of carbonyl (C=O) groups excluding carboxylic acids is 1. The summed E-state index contributed by atoms with van der Waals surface area (Å²) in [5, 5.41) is 6.44. The van der Waals surface area contributed by atoms with Crippen LogP contribution < -0.4 is 20.3 Å². The molecule has 4 rings (SSSR count). The first kappa shape index (κ1) is 19.0. The molecule has 1 atom stereocenters. The molecule has 29 heavy (non-hydrogen) atoms. The van der Waals surface area contributed by atoms with Crippen molar-refractivity contribution in [3.63, 3.8) is 0 Å². The molecular formula is C23H24N4O2. The number of para-hydroxylation sites is 2. The number of ether oxygens (including phenoxy) is 1. The molecule has 0 unspecified atom stereocenters. The topological polar surface area (TPSA) is 66.5 Å². The van der Waals surface area contributed by atoms with Crippen molar-refractivity contribution in [1.82, 2.24) is 10.3 Å². The monoisotopic (exact) mass is 388 g/mol. The van der Waals surface area contributed by atoms with Crippen LogP contribution >= 0.6 is 0 Å². The zero-order chi connectivity index (χ0) is 20.1. The number of benzene rings is 2. The molecule has 1 aliphatic heterocycles. The predicted molar refractivity (Wildman–Crippen MR) is 115 cm³/mol. The molecule has 1 amide bonds. The van der Waals surface area contributed by atoms with Crippen molar-refractivity contribution in [3.8, 4) is 5.75 Å². The number of amides is 1. The molecule has 1 aliphatic rings. The molecular weight excluding hydrogens is 364 g/mol. The highest BCUT2D eigenvalue weighted by atomic mass is 16.5. The smallest absolute Gasteiger partial charge is 0.274 e. The maximum atomic E-state index is 12.7. The molecule has 6 nitrogen and oxygen atoms in total. The van der Waals surface area contributed by atoms with Gasteiger partial charge in [-0.05, 0) is 29.8 Å². The number of pyridine rings is 1. The Morgan fingerprint density at radius 2 is 1.86 bits per heavy atom. The number of rotatable bonds is 5. The number of methoxy groups -OCH3 is 1. The highest BCUT2D eigenvalue weighted by Gasteiger charge is 2.22. The van der Waals surface area contributed by atoms with E-state index < -0.39 is 0 Å². The van der Waals surface area contributed by atoms with E-state index in [0.717, 1.165) is 25.5 Å². The summed E-state index contributed by atoms with van der Waals surface area (Å²) in [6.07, 6.45) is 0. The van der Waals surface area contributed by atoms with E-state index in [9.17, 15) is 4.79 Å². The van der Waals surface area contributed by atoms with Crippen LogP contribution in [0.2, 0.25) is 0 Å². The molecule has 1 fully saturated rings. The van der Waals surface area contributed by atoms with Gasteiger partial charge in [-0.3, -0.25) is 4.79 Å². The lowest BCUT2D eigenvalue weighted by molar-refractivity contribution is 0.102. The Bertz CT molecular complexity index is 977. The van der Waals surface area contributed by atoms with E-state index in [2.05, 4.69) is 44.8 Å². The zero-order valence-corrected chi connectivity index (χ0v) is 16.3. The summed E-state index contributed by atoms with van der Waals surface area (Å²) in [4.78, 5) is 19.6.